The Balaban J connectivity index is 0.000000354. The van der Waals surface area contributed by atoms with E-state index in [-0.39, 0.29) is 0 Å². The second-order valence-electron chi connectivity index (χ2n) is 4.05. The highest BCUT2D eigenvalue weighted by molar-refractivity contribution is 4.79. The van der Waals surface area contributed by atoms with Gasteiger partial charge in [0, 0.05) is 12.6 Å². The van der Waals surface area contributed by atoms with Gasteiger partial charge in [0.05, 0.1) is 0 Å². The van der Waals surface area contributed by atoms with E-state index in [1.54, 1.807) is 0 Å². The van der Waals surface area contributed by atoms with E-state index in [1.807, 2.05) is 0 Å². The van der Waals surface area contributed by atoms with Crippen LogP contribution in [-0.2, 0) is 0 Å². The van der Waals surface area contributed by atoms with Gasteiger partial charge in [0.25, 0.3) is 0 Å². The fourth-order valence-corrected chi connectivity index (χ4v) is 1.84. The van der Waals surface area contributed by atoms with E-state index in [0.717, 1.165) is 12.0 Å². The molecule has 2 atom stereocenters. The molecule has 0 aromatic heterocycles. The molecule has 1 saturated heterocycles. The summed E-state index contributed by atoms with van der Waals surface area (Å²) in [5.74, 6) is 0.931. The van der Waals surface area contributed by atoms with Gasteiger partial charge in [0.15, 0.2) is 0 Å². The van der Waals surface area contributed by atoms with E-state index in [1.165, 1.54) is 25.8 Å². The van der Waals surface area contributed by atoms with E-state index < -0.39 is 0 Å². The maximum atomic E-state index is 2.48. The fraction of sp³-hybridized carbons (Fsp3) is 1.00. The zero-order valence-corrected chi connectivity index (χ0v) is 9.43. The predicted molar refractivity (Wildman–Crippen MR) is 56.5 cm³/mol. The molecule has 1 heteroatoms. The highest BCUT2D eigenvalue weighted by atomic mass is 15.1. The molecule has 1 rings (SSSR count). The molecule has 0 aromatic carbocycles. The summed E-state index contributed by atoms with van der Waals surface area (Å²) in [4.78, 5) is 2.48. The molecule has 1 heterocycles. The second kappa shape index (κ2) is 6.47. The highest BCUT2D eigenvalue weighted by Crippen LogP contribution is 2.22. The van der Waals surface area contributed by atoms with Gasteiger partial charge in [-0.25, -0.2) is 0 Å². The van der Waals surface area contributed by atoms with Crippen molar-refractivity contribution in [2.45, 2.75) is 53.0 Å². The Kier molecular flexibility index (Phi) is 6.45. The van der Waals surface area contributed by atoms with Gasteiger partial charge in [-0.1, -0.05) is 34.1 Å². The lowest BCUT2D eigenvalue weighted by Gasteiger charge is -2.16. The molecule has 1 nitrogen and oxygen atoms in total. The minimum atomic E-state index is 0.875. The van der Waals surface area contributed by atoms with E-state index in [4.69, 9.17) is 0 Å². The topological polar surface area (TPSA) is 3.24 Å². The molecule has 0 amide bonds. The molecule has 0 bridgehead atoms. The van der Waals surface area contributed by atoms with Crippen molar-refractivity contribution in [3.05, 3.63) is 0 Å². The van der Waals surface area contributed by atoms with Crippen molar-refractivity contribution < 1.29 is 0 Å². The van der Waals surface area contributed by atoms with Crippen LogP contribution in [0.4, 0.5) is 0 Å². The first-order valence-electron chi connectivity index (χ1n) is 5.35. The van der Waals surface area contributed by atoms with Gasteiger partial charge in [0.1, 0.15) is 0 Å². The normalized spacial score (nSPS) is 29.8. The minimum absolute atomic E-state index is 0.875. The molecule has 0 radical (unpaired) electrons. The van der Waals surface area contributed by atoms with Crippen LogP contribution < -0.4 is 0 Å². The van der Waals surface area contributed by atoms with Gasteiger partial charge >= 0.3 is 0 Å². The quantitative estimate of drug-likeness (QED) is 0.586. The second-order valence-corrected chi connectivity index (χ2v) is 4.05. The van der Waals surface area contributed by atoms with Gasteiger partial charge in [0.2, 0.25) is 0 Å². The number of hydrogen-bond donors (Lipinski definition) is 0. The fourth-order valence-electron chi connectivity index (χ4n) is 1.84. The molecular formula is C11H25N. The minimum Gasteiger partial charge on any atom is -0.303 e. The number of nitrogens with zero attached hydrogens (tertiary/aromatic N) is 1. The molecule has 1 aliphatic rings. The molecule has 12 heavy (non-hydrogen) atoms. The van der Waals surface area contributed by atoms with E-state index in [2.05, 4.69) is 39.6 Å². The number of hydrogen-bond acceptors (Lipinski definition) is 1. The van der Waals surface area contributed by atoms with Crippen molar-refractivity contribution in [1.82, 2.24) is 4.90 Å². The summed E-state index contributed by atoms with van der Waals surface area (Å²) in [6.07, 6.45) is 3.98. The summed E-state index contributed by atoms with van der Waals surface area (Å²) < 4.78 is 0. The zero-order chi connectivity index (χ0) is 9.56. The van der Waals surface area contributed by atoms with Crippen molar-refractivity contribution >= 4 is 0 Å². The zero-order valence-electron chi connectivity index (χ0n) is 9.43. The first-order chi connectivity index (χ1) is 5.65. The summed E-state index contributed by atoms with van der Waals surface area (Å²) in [6.45, 7) is 10.2. The summed E-state index contributed by atoms with van der Waals surface area (Å²) in [5, 5.41) is 0. The van der Waals surface area contributed by atoms with E-state index in [0.29, 0.717) is 0 Å². The Morgan fingerprint density at radius 1 is 1.25 bits per heavy atom. The molecule has 74 valence electrons. The van der Waals surface area contributed by atoms with Gasteiger partial charge in [-0.2, -0.15) is 0 Å². The van der Waals surface area contributed by atoms with Crippen LogP contribution in [0.1, 0.15) is 47.0 Å². The first kappa shape index (κ1) is 12.0. The molecule has 0 saturated carbocycles. The van der Waals surface area contributed by atoms with Gasteiger partial charge in [-0.15, -0.1) is 0 Å². The highest BCUT2D eigenvalue weighted by Gasteiger charge is 2.24. The van der Waals surface area contributed by atoms with Crippen molar-refractivity contribution in [1.29, 1.82) is 0 Å². The third kappa shape index (κ3) is 4.10. The van der Waals surface area contributed by atoms with Crippen LogP contribution in [0.5, 0.6) is 0 Å². The van der Waals surface area contributed by atoms with Crippen molar-refractivity contribution in [2.75, 3.05) is 13.6 Å². The standard InChI is InChI=1S/C8H17N.C3H8/c1-4-8-5-7(2)6-9(8)3;1-3-2/h7-8H,4-6H2,1-3H3;3H2,1-2H3. The van der Waals surface area contributed by atoms with Crippen molar-refractivity contribution in [2.24, 2.45) is 5.92 Å². The lowest BCUT2D eigenvalue weighted by Crippen LogP contribution is -2.23. The summed E-state index contributed by atoms with van der Waals surface area (Å²) in [6, 6.07) is 0.875. The SMILES string of the molecule is CCC.CCC1CC(C)CN1C. The molecule has 1 aliphatic heterocycles. The van der Waals surface area contributed by atoms with Gasteiger partial charge < -0.3 is 4.90 Å². The lowest BCUT2D eigenvalue weighted by atomic mass is 10.1. The van der Waals surface area contributed by atoms with Crippen LogP contribution in [-0.4, -0.2) is 24.5 Å². The molecule has 2 unspecified atom stereocenters. The molecule has 1 fully saturated rings. The van der Waals surface area contributed by atoms with Crippen LogP contribution >= 0.6 is 0 Å². The van der Waals surface area contributed by atoms with Crippen molar-refractivity contribution in [3.8, 4) is 0 Å². The molecule has 0 spiro atoms. The van der Waals surface area contributed by atoms with Crippen LogP contribution in [0.25, 0.3) is 0 Å². The van der Waals surface area contributed by atoms with E-state index >= 15 is 0 Å². The van der Waals surface area contributed by atoms with Crippen LogP contribution in [0, 0.1) is 5.92 Å². The third-order valence-electron chi connectivity index (χ3n) is 2.37. The average Bonchev–Trinajstić information content (AvgIpc) is 2.31. The number of likely N-dealkylation sites (tertiary alicyclic amines) is 1. The Labute approximate surface area is 78.1 Å². The van der Waals surface area contributed by atoms with Crippen molar-refractivity contribution in [3.63, 3.8) is 0 Å². The smallest absolute Gasteiger partial charge is 0.00927 e. The Hall–Kier alpha value is -0.0400. The van der Waals surface area contributed by atoms with Crippen LogP contribution in [0.3, 0.4) is 0 Å². The summed E-state index contributed by atoms with van der Waals surface area (Å²) in [7, 11) is 2.23. The largest absolute Gasteiger partial charge is 0.303 e. The maximum Gasteiger partial charge on any atom is 0.00927 e. The summed E-state index contributed by atoms with van der Waals surface area (Å²) in [5.41, 5.74) is 0. The van der Waals surface area contributed by atoms with Crippen LogP contribution in [0.15, 0.2) is 0 Å². The van der Waals surface area contributed by atoms with Crippen LogP contribution in [0.2, 0.25) is 0 Å². The maximum absolute atomic E-state index is 2.48. The Morgan fingerprint density at radius 3 is 1.92 bits per heavy atom. The van der Waals surface area contributed by atoms with Gasteiger partial charge in [-0.3, -0.25) is 0 Å². The Morgan fingerprint density at radius 2 is 1.75 bits per heavy atom. The molecule has 0 aromatic rings. The third-order valence-corrected chi connectivity index (χ3v) is 2.37. The summed E-state index contributed by atoms with van der Waals surface area (Å²) >= 11 is 0. The predicted octanol–water partition coefficient (Wildman–Crippen LogP) is 3.15. The first-order valence-corrected chi connectivity index (χ1v) is 5.35. The molecular weight excluding hydrogens is 146 g/mol. The number of rotatable bonds is 1. The Bertz CT molecular complexity index is 101. The van der Waals surface area contributed by atoms with Gasteiger partial charge in [-0.05, 0) is 25.8 Å². The average molecular weight is 171 g/mol. The monoisotopic (exact) mass is 171 g/mol. The molecule has 0 N–H and O–H groups in total. The molecule has 0 aliphatic carbocycles. The van der Waals surface area contributed by atoms with E-state index in [9.17, 15) is 0 Å². The lowest BCUT2D eigenvalue weighted by molar-refractivity contribution is 0.302.